The summed E-state index contributed by atoms with van der Waals surface area (Å²) in [7, 11) is 0. The van der Waals surface area contributed by atoms with Crippen molar-refractivity contribution >= 4 is 0 Å². The van der Waals surface area contributed by atoms with Crippen LogP contribution in [0.15, 0.2) is 47.1 Å². The van der Waals surface area contributed by atoms with Gasteiger partial charge in [0.15, 0.2) is 0 Å². The average Bonchev–Trinajstić information content (AvgIpc) is 2.41. The van der Waals surface area contributed by atoms with Gasteiger partial charge in [-0.05, 0) is 71.3 Å². The summed E-state index contributed by atoms with van der Waals surface area (Å²) in [6.45, 7) is 12.2. The molecule has 3 atom stereocenters. The van der Waals surface area contributed by atoms with Crippen LogP contribution in [0.25, 0.3) is 0 Å². The number of aliphatic hydroxyl groups excluding tert-OH is 2. The molecule has 1 rings (SSSR count). The fourth-order valence-corrected chi connectivity index (χ4v) is 2.83. The maximum Gasteiger partial charge on any atom is 0.0761 e. The Hall–Kier alpha value is -1.12. The van der Waals surface area contributed by atoms with Crippen molar-refractivity contribution in [2.75, 3.05) is 0 Å². The van der Waals surface area contributed by atoms with Gasteiger partial charge in [-0.15, -0.1) is 0 Å². The van der Waals surface area contributed by atoms with Crippen LogP contribution in [0, 0.1) is 5.92 Å². The van der Waals surface area contributed by atoms with Crippen molar-refractivity contribution in [2.24, 2.45) is 5.92 Å². The van der Waals surface area contributed by atoms with Gasteiger partial charge in [0.25, 0.3) is 0 Å². The minimum Gasteiger partial charge on any atom is -0.389 e. The number of aliphatic hydroxyl groups is 2. The van der Waals surface area contributed by atoms with Crippen molar-refractivity contribution < 1.29 is 10.2 Å². The molecular formula is C20H32O2. The highest BCUT2D eigenvalue weighted by atomic mass is 16.3. The molecule has 0 amide bonds. The molecule has 0 heterocycles. The van der Waals surface area contributed by atoms with Gasteiger partial charge >= 0.3 is 0 Å². The van der Waals surface area contributed by atoms with Crippen LogP contribution in [0.1, 0.15) is 59.8 Å². The van der Waals surface area contributed by atoms with Crippen molar-refractivity contribution in [2.45, 2.75) is 72.0 Å². The Morgan fingerprint density at radius 3 is 2.45 bits per heavy atom. The number of rotatable bonds is 1. The van der Waals surface area contributed by atoms with E-state index >= 15 is 0 Å². The lowest BCUT2D eigenvalue weighted by atomic mass is 9.88. The van der Waals surface area contributed by atoms with E-state index in [2.05, 4.69) is 32.6 Å². The van der Waals surface area contributed by atoms with Crippen LogP contribution in [-0.2, 0) is 0 Å². The summed E-state index contributed by atoms with van der Waals surface area (Å²) in [5.41, 5.74) is 4.55. The van der Waals surface area contributed by atoms with Gasteiger partial charge in [0.2, 0.25) is 0 Å². The Balaban J connectivity index is 2.98. The highest BCUT2D eigenvalue weighted by Crippen LogP contribution is 2.25. The van der Waals surface area contributed by atoms with E-state index in [1.807, 2.05) is 13.8 Å². The largest absolute Gasteiger partial charge is 0.389 e. The maximum absolute atomic E-state index is 10.4. The second-order valence-electron chi connectivity index (χ2n) is 6.85. The van der Waals surface area contributed by atoms with Gasteiger partial charge in [-0.3, -0.25) is 0 Å². The Bertz CT molecular complexity index is 468. The van der Waals surface area contributed by atoms with Crippen LogP contribution < -0.4 is 0 Å². The summed E-state index contributed by atoms with van der Waals surface area (Å²) in [6.07, 6.45) is 9.56. The first-order chi connectivity index (χ1) is 10.3. The molecule has 0 aromatic heterocycles. The van der Waals surface area contributed by atoms with E-state index in [1.54, 1.807) is 6.08 Å². The molecule has 0 saturated carbocycles. The minimum absolute atomic E-state index is 0.283. The molecule has 0 aromatic rings. The Kier molecular flexibility index (Phi) is 7.84. The Morgan fingerprint density at radius 1 is 1.14 bits per heavy atom. The molecule has 0 radical (unpaired) electrons. The standard InChI is InChI=1S/C20H32O2/c1-14(2)18-10-9-15(3)7-6-8-16(4)11-19(21)12-17(5)20(22)13-18/h8-9,12,18-22H,1,6-7,10-11,13H2,2-5H3/b15-9+,16-8+,17-12+/t18-,19+,20-/m0/s1. The summed E-state index contributed by atoms with van der Waals surface area (Å²) in [4.78, 5) is 0. The number of allylic oxidation sites excluding steroid dienone is 4. The zero-order valence-corrected chi connectivity index (χ0v) is 14.6. The smallest absolute Gasteiger partial charge is 0.0761 e. The summed E-state index contributed by atoms with van der Waals surface area (Å²) in [6, 6.07) is 0. The van der Waals surface area contributed by atoms with Crippen molar-refractivity contribution in [3.63, 3.8) is 0 Å². The lowest BCUT2D eigenvalue weighted by Gasteiger charge is -2.21. The van der Waals surface area contributed by atoms with E-state index in [0.29, 0.717) is 12.8 Å². The molecule has 0 fully saturated rings. The highest BCUT2D eigenvalue weighted by Gasteiger charge is 2.17. The molecule has 0 saturated heterocycles. The van der Waals surface area contributed by atoms with Crippen molar-refractivity contribution in [1.82, 2.24) is 0 Å². The zero-order valence-electron chi connectivity index (χ0n) is 14.6. The zero-order chi connectivity index (χ0) is 16.7. The first-order valence-corrected chi connectivity index (χ1v) is 8.30. The van der Waals surface area contributed by atoms with Gasteiger partial charge < -0.3 is 10.2 Å². The summed E-state index contributed by atoms with van der Waals surface area (Å²) in [5.74, 6) is 0.283. The van der Waals surface area contributed by atoms with Crippen LogP contribution in [-0.4, -0.2) is 22.4 Å². The molecule has 1 aliphatic rings. The predicted octanol–water partition coefficient (Wildman–Crippen LogP) is 4.70. The Labute approximate surface area is 135 Å². The molecule has 0 unspecified atom stereocenters. The van der Waals surface area contributed by atoms with E-state index in [9.17, 15) is 10.2 Å². The van der Waals surface area contributed by atoms with Gasteiger partial charge in [-0.25, -0.2) is 0 Å². The summed E-state index contributed by atoms with van der Waals surface area (Å²) in [5, 5.41) is 20.5. The van der Waals surface area contributed by atoms with Crippen LogP contribution in [0.3, 0.4) is 0 Å². The second-order valence-corrected chi connectivity index (χ2v) is 6.85. The molecule has 0 aliphatic heterocycles. The molecule has 2 N–H and O–H groups in total. The lowest BCUT2D eigenvalue weighted by Crippen LogP contribution is -2.17. The molecule has 2 heteroatoms. The van der Waals surface area contributed by atoms with E-state index in [1.165, 1.54) is 11.1 Å². The van der Waals surface area contributed by atoms with Crippen molar-refractivity contribution in [1.29, 1.82) is 0 Å². The van der Waals surface area contributed by atoms with Gasteiger partial charge in [0.05, 0.1) is 12.2 Å². The molecule has 124 valence electrons. The van der Waals surface area contributed by atoms with Crippen LogP contribution >= 0.6 is 0 Å². The minimum atomic E-state index is -0.520. The molecular weight excluding hydrogens is 272 g/mol. The van der Waals surface area contributed by atoms with Crippen LogP contribution in [0.5, 0.6) is 0 Å². The number of hydrogen-bond acceptors (Lipinski definition) is 2. The second kappa shape index (κ2) is 9.12. The Morgan fingerprint density at radius 2 is 1.82 bits per heavy atom. The third-order valence-corrected chi connectivity index (χ3v) is 4.50. The molecule has 1 aliphatic carbocycles. The normalized spacial score (nSPS) is 36.1. The first-order valence-electron chi connectivity index (χ1n) is 8.30. The predicted molar refractivity (Wildman–Crippen MR) is 94.7 cm³/mol. The van der Waals surface area contributed by atoms with Crippen molar-refractivity contribution in [3.05, 3.63) is 47.1 Å². The SMILES string of the molecule is C=C(C)[C@H]1C/C=C(\C)CC/C=C(\C)C[C@@H](O)/C=C(\C)[C@@H](O)C1. The quantitative estimate of drug-likeness (QED) is 0.689. The average molecular weight is 304 g/mol. The number of hydrogen-bond donors (Lipinski definition) is 2. The highest BCUT2D eigenvalue weighted by molar-refractivity contribution is 5.14. The van der Waals surface area contributed by atoms with E-state index in [-0.39, 0.29) is 5.92 Å². The third kappa shape index (κ3) is 6.76. The molecule has 0 bridgehead atoms. The fourth-order valence-electron chi connectivity index (χ4n) is 2.83. The molecule has 22 heavy (non-hydrogen) atoms. The first kappa shape index (κ1) is 18.9. The van der Waals surface area contributed by atoms with Crippen molar-refractivity contribution in [3.8, 4) is 0 Å². The van der Waals surface area contributed by atoms with E-state index in [0.717, 1.165) is 30.4 Å². The van der Waals surface area contributed by atoms with Gasteiger partial charge in [-0.1, -0.05) is 41.5 Å². The third-order valence-electron chi connectivity index (χ3n) is 4.50. The van der Waals surface area contributed by atoms with E-state index < -0.39 is 12.2 Å². The van der Waals surface area contributed by atoms with Crippen LogP contribution in [0.2, 0.25) is 0 Å². The van der Waals surface area contributed by atoms with Crippen LogP contribution in [0.4, 0.5) is 0 Å². The summed E-state index contributed by atoms with van der Waals surface area (Å²) < 4.78 is 0. The van der Waals surface area contributed by atoms with Gasteiger partial charge in [0, 0.05) is 0 Å². The lowest BCUT2D eigenvalue weighted by molar-refractivity contribution is 0.176. The topological polar surface area (TPSA) is 40.5 Å². The van der Waals surface area contributed by atoms with E-state index in [4.69, 9.17) is 0 Å². The monoisotopic (exact) mass is 304 g/mol. The molecule has 0 spiro atoms. The fraction of sp³-hybridized carbons (Fsp3) is 0.600. The summed E-state index contributed by atoms with van der Waals surface area (Å²) >= 11 is 0. The van der Waals surface area contributed by atoms with Gasteiger partial charge in [0.1, 0.15) is 0 Å². The van der Waals surface area contributed by atoms with Gasteiger partial charge in [-0.2, -0.15) is 0 Å². The molecule has 2 nitrogen and oxygen atoms in total. The molecule has 0 aromatic carbocycles. The maximum atomic E-state index is 10.4.